The maximum absolute atomic E-state index is 8.99. The van der Waals surface area contributed by atoms with Crippen LogP contribution in [0.3, 0.4) is 0 Å². The molecule has 0 aliphatic carbocycles. The van der Waals surface area contributed by atoms with Gasteiger partial charge in [0.2, 0.25) is 10.8 Å². The summed E-state index contributed by atoms with van der Waals surface area (Å²) < 4.78 is 6.53. The van der Waals surface area contributed by atoms with E-state index in [1.807, 2.05) is 0 Å². The summed E-state index contributed by atoms with van der Waals surface area (Å²) in [6.45, 7) is 13.0. The van der Waals surface area contributed by atoms with Gasteiger partial charge in [-0.1, -0.05) is 34.8 Å². The number of nitriles is 1. The standard InChI is InChI=1S/C6H4ClN3S.C6H5ClNOS.C5H2ClNS.CH2N2.2CH4O.CH3O.Na/c1-9-10-6(8)4-2-3-5(7)11-4;1-9-6(8)4-2-3-5(7)10-4;1-7-5-3-2-4(6)8-5;2-1-3;3*1-2;/h2-3H,(H2,8,10);2-3H,1H3;2-3H;2H2;2*2H,1H3;1H3;/q;-1;;;;;-1;+1. The van der Waals surface area contributed by atoms with Crippen molar-refractivity contribution in [1.29, 1.82) is 5.26 Å². The van der Waals surface area contributed by atoms with Gasteiger partial charge in [-0.3, -0.25) is 0 Å². The molecule has 0 aromatic carbocycles. The van der Waals surface area contributed by atoms with E-state index in [0.29, 0.717) is 22.9 Å². The zero-order valence-corrected chi connectivity index (χ0v) is 28.1. The van der Waals surface area contributed by atoms with Gasteiger partial charge in [0.05, 0.1) is 31.6 Å². The first-order valence-electron chi connectivity index (χ1n) is 9.06. The molecule has 0 fully saturated rings. The van der Waals surface area contributed by atoms with E-state index in [2.05, 4.69) is 25.4 Å². The molecule has 39 heavy (non-hydrogen) atoms. The zero-order valence-electron chi connectivity index (χ0n) is 21.4. The SMILES string of the molecule is CO.CO.COC(=[N-])c1ccc(Cl)s1.C[O-].N#CN.[C-]#[N+]N=C(N)c1ccc(Cl)s1.[C-]#[N+]c1ccc(Cl)s1.[Na+]. The Morgan fingerprint density at radius 2 is 1.36 bits per heavy atom. The van der Waals surface area contributed by atoms with Gasteiger partial charge in [0, 0.05) is 25.0 Å². The largest absolute Gasteiger partial charge is 1.00 e. The predicted octanol–water partition coefficient (Wildman–Crippen LogP) is 1.88. The van der Waals surface area contributed by atoms with Crippen LogP contribution in [0.4, 0.5) is 5.00 Å². The molecule has 0 aliphatic rings. The summed E-state index contributed by atoms with van der Waals surface area (Å²) in [5.41, 5.74) is 9.56. The van der Waals surface area contributed by atoms with Gasteiger partial charge in [-0.25, -0.2) is 4.85 Å². The zero-order chi connectivity index (χ0) is 30.5. The fourth-order valence-electron chi connectivity index (χ4n) is 1.45. The van der Waals surface area contributed by atoms with Crippen LogP contribution in [0, 0.1) is 24.6 Å². The molecule has 0 saturated heterocycles. The Bertz CT molecular complexity index is 1170. The first-order chi connectivity index (χ1) is 18.2. The average Bonchev–Trinajstić information content (AvgIpc) is 3.70. The van der Waals surface area contributed by atoms with E-state index in [4.69, 9.17) is 79.7 Å². The first kappa shape index (κ1) is 46.9. The summed E-state index contributed by atoms with van der Waals surface area (Å²) in [4.78, 5) is 7.35. The Morgan fingerprint density at radius 3 is 1.62 bits per heavy atom. The third kappa shape index (κ3) is 26.1. The van der Waals surface area contributed by atoms with Crippen LogP contribution in [0.25, 0.3) is 15.2 Å². The van der Waals surface area contributed by atoms with Gasteiger partial charge < -0.3 is 36.9 Å². The molecule has 0 atom stereocenters. The summed E-state index contributed by atoms with van der Waals surface area (Å²) in [6, 6.07) is 10.3. The van der Waals surface area contributed by atoms with E-state index in [-0.39, 0.29) is 41.3 Å². The van der Waals surface area contributed by atoms with Crippen molar-refractivity contribution in [2.75, 3.05) is 28.4 Å². The number of thiophene rings is 3. The van der Waals surface area contributed by atoms with E-state index in [1.54, 1.807) is 36.4 Å². The Hall–Kier alpha value is -1.94. The predicted molar refractivity (Wildman–Crippen MR) is 158 cm³/mol. The molecule has 0 aliphatic heterocycles. The third-order valence-electron chi connectivity index (χ3n) is 2.63. The number of ether oxygens (including phenoxy) is 1. The Balaban J connectivity index is -0.000000128. The molecule has 6 N–H and O–H groups in total. The van der Waals surface area contributed by atoms with E-state index >= 15 is 0 Å². The molecule has 3 aromatic heterocycles. The number of aliphatic hydroxyl groups excluding tert-OH is 2. The van der Waals surface area contributed by atoms with E-state index < -0.39 is 0 Å². The van der Waals surface area contributed by atoms with Crippen LogP contribution in [0.5, 0.6) is 0 Å². The molecule has 0 radical (unpaired) electrons. The minimum atomic E-state index is -0.0862. The van der Waals surface area contributed by atoms with E-state index in [1.165, 1.54) is 47.3 Å². The molecule has 3 rings (SSSR count). The maximum Gasteiger partial charge on any atom is 1.00 e. The summed E-state index contributed by atoms with van der Waals surface area (Å²) in [5, 5.41) is 42.3. The minimum Gasteiger partial charge on any atom is -0.857 e. The van der Waals surface area contributed by atoms with E-state index in [9.17, 15) is 0 Å². The number of aliphatic hydroxyl groups is 2. The Morgan fingerprint density at radius 1 is 0.974 bits per heavy atom. The molecule has 0 bridgehead atoms. The molecular formula is C21H24Cl3N7NaO4S3-. The van der Waals surface area contributed by atoms with Crippen molar-refractivity contribution in [3.63, 3.8) is 0 Å². The number of hydrogen-bond donors (Lipinski definition) is 4. The number of amidine groups is 1. The summed E-state index contributed by atoms with van der Waals surface area (Å²) in [6.07, 6.45) is 1.25. The van der Waals surface area contributed by atoms with Crippen molar-refractivity contribution in [3.05, 3.63) is 87.5 Å². The van der Waals surface area contributed by atoms with Gasteiger partial charge in [0.15, 0.2) is 6.19 Å². The van der Waals surface area contributed by atoms with Gasteiger partial charge in [0.1, 0.15) is 5.10 Å². The quantitative estimate of drug-likeness (QED) is 0.0612. The van der Waals surface area contributed by atoms with Crippen LogP contribution >= 0.6 is 68.8 Å². The molecule has 0 unspecified atom stereocenters. The van der Waals surface area contributed by atoms with Crippen molar-refractivity contribution in [2.24, 2.45) is 16.6 Å². The van der Waals surface area contributed by atoms with Crippen LogP contribution in [0.1, 0.15) is 9.75 Å². The first-order valence-corrected chi connectivity index (χ1v) is 12.6. The van der Waals surface area contributed by atoms with Crippen LogP contribution in [0.15, 0.2) is 41.5 Å². The monoisotopic (exact) mass is 662 g/mol. The van der Waals surface area contributed by atoms with Crippen LogP contribution < -0.4 is 46.1 Å². The van der Waals surface area contributed by atoms with Crippen molar-refractivity contribution in [2.45, 2.75) is 0 Å². The van der Waals surface area contributed by atoms with Crippen molar-refractivity contribution < 1.29 is 49.6 Å². The Labute approximate surface area is 276 Å². The van der Waals surface area contributed by atoms with Crippen molar-refractivity contribution in [1.82, 2.24) is 0 Å². The minimum absolute atomic E-state index is 0. The second-order valence-electron chi connectivity index (χ2n) is 4.62. The molecule has 208 valence electrons. The van der Waals surface area contributed by atoms with Gasteiger partial charge in [0.25, 0.3) is 0 Å². The van der Waals surface area contributed by atoms with Crippen LogP contribution in [-0.2, 0) is 4.74 Å². The molecule has 18 heteroatoms. The van der Waals surface area contributed by atoms with Gasteiger partial charge >= 0.3 is 29.6 Å². The molecule has 3 heterocycles. The molecule has 11 nitrogen and oxygen atoms in total. The molecule has 0 saturated carbocycles. The topological polar surface area (TPSA) is 192 Å². The van der Waals surface area contributed by atoms with Crippen molar-refractivity contribution >= 4 is 85.5 Å². The van der Waals surface area contributed by atoms with Gasteiger partial charge in [-0.05, 0) is 36.4 Å². The van der Waals surface area contributed by atoms with Gasteiger partial charge in [-0.15, -0.1) is 39.0 Å². The number of nitrogens with two attached hydrogens (primary N) is 2. The number of hydrogen-bond acceptors (Lipinski definition) is 10. The van der Waals surface area contributed by atoms with E-state index in [0.717, 1.165) is 26.2 Å². The second kappa shape index (κ2) is 34.1. The smallest absolute Gasteiger partial charge is 0.857 e. The van der Waals surface area contributed by atoms with Crippen molar-refractivity contribution in [3.8, 4) is 6.19 Å². The van der Waals surface area contributed by atoms with Gasteiger partial charge in [-0.2, -0.15) is 18.9 Å². The van der Waals surface area contributed by atoms with Crippen LogP contribution in [-0.4, -0.2) is 50.4 Å². The average molecular weight is 664 g/mol. The fourth-order valence-corrected chi connectivity index (χ4v) is 4.17. The molecular weight excluding hydrogens is 640 g/mol. The third-order valence-corrected chi connectivity index (χ3v) is 6.23. The summed E-state index contributed by atoms with van der Waals surface area (Å²) >= 11 is 20.6. The summed E-state index contributed by atoms with van der Waals surface area (Å²) in [5.74, 6) is 0.133. The number of methoxy groups -OCH3 is 1. The molecule has 0 amide bonds. The number of nitrogens with zero attached hydrogens (tertiary/aromatic N) is 5. The summed E-state index contributed by atoms with van der Waals surface area (Å²) in [7, 11) is 4.16. The number of rotatable bonds is 2. The van der Waals surface area contributed by atoms with Crippen LogP contribution in [0.2, 0.25) is 13.0 Å². The second-order valence-corrected chi connectivity index (χ2v) is 9.74. The Kier molecular flexibility index (Phi) is 41.0. The molecule has 0 spiro atoms. The maximum atomic E-state index is 8.99. The molecule has 3 aromatic rings. The normalized spacial score (nSPS) is 7.92. The number of halogens is 3. The fraction of sp³-hybridized carbons (Fsp3) is 0.190.